The Morgan fingerprint density at radius 1 is 1.08 bits per heavy atom. The summed E-state index contributed by atoms with van der Waals surface area (Å²) >= 11 is 0. The molecule has 0 saturated heterocycles. The molecule has 5 heteroatoms. The first-order chi connectivity index (χ1) is 11.8. The Kier molecular flexibility index (Phi) is 3.78. The van der Waals surface area contributed by atoms with Crippen LogP contribution >= 0.6 is 0 Å². The van der Waals surface area contributed by atoms with Crippen LogP contribution in [-0.4, -0.2) is 32.0 Å². The smallest absolute Gasteiger partial charge is 0.242 e. The molecule has 1 aliphatic rings. The predicted octanol–water partition coefficient (Wildman–Crippen LogP) is 2.11. The van der Waals surface area contributed by atoms with Crippen LogP contribution < -0.4 is 0 Å². The number of rotatable bonds is 3. The van der Waals surface area contributed by atoms with Crippen LogP contribution in [0.25, 0.3) is 11.0 Å². The van der Waals surface area contributed by atoms with Crippen LogP contribution in [0.1, 0.15) is 17.0 Å². The van der Waals surface area contributed by atoms with Gasteiger partial charge in [-0.15, -0.1) is 0 Å². The largest absolute Gasteiger partial charge is 0.388 e. The van der Waals surface area contributed by atoms with E-state index in [2.05, 4.69) is 17.1 Å². The molecular formula is C19H19N3O2. The Balaban J connectivity index is 1.59. The van der Waals surface area contributed by atoms with Gasteiger partial charge in [0, 0.05) is 13.1 Å². The fourth-order valence-corrected chi connectivity index (χ4v) is 3.37. The second-order valence-electron chi connectivity index (χ2n) is 6.10. The maximum absolute atomic E-state index is 12.8. The third kappa shape index (κ3) is 2.57. The minimum absolute atomic E-state index is 0.0577. The monoisotopic (exact) mass is 321 g/mol. The molecule has 0 fully saturated rings. The van der Waals surface area contributed by atoms with E-state index in [1.165, 1.54) is 11.1 Å². The topological polar surface area (TPSA) is 58.4 Å². The van der Waals surface area contributed by atoms with Crippen molar-refractivity contribution in [1.29, 1.82) is 0 Å². The first-order valence-corrected chi connectivity index (χ1v) is 8.16. The van der Waals surface area contributed by atoms with Gasteiger partial charge in [0.1, 0.15) is 19.0 Å². The summed E-state index contributed by atoms with van der Waals surface area (Å²) in [6.45, 7) is 1.41. The Morgan fingerprint density at radius 3 is 2.67 bits per heavy atom. The van der Waals surface area contributed by atoms with Crippen molar-refractivity contribution in [1.82, 2.24) is 14.5 Å². The van der Waals surface area contributed by atoms with E-state index < -0.39 is 0 Å². The third-order valence-electron chi connectivity index (χ3n) is 4.65. The number of benzene rings is 2. The summed E-state index contributed by atoms with van der Waals surface area (Å²) in [4.78, 5) is 19.1. The van der Waals surface area contributed by atoms with Crippen LogP contribution in [0.15, 0.2) is 48.5 Å². The maximum Gasteiger partial charge on any atom is 0.242 e. The summed E-state index contributed by atoms with van der Waals surface area (Å²) in [7, 11) is 0. The van der Waals surface area contributed by atoms with Gasteiger partial charge in [-0.25, -0.2) is 4.98 Å². The van der Waals surface area contributed by atoms with Crippen molar-refractivity contribution in [2.24, 2.45) is 0 Å². The first kappa shape index (κ1) is 14.9. The van der Waals surface area contributed by atoms with Gasteiger partial charge in [-0.05, 0) is 29.7 Å². The highest BCUT2D eigenvalue weighted by atomic mass is 16.3. The lowest BCUT2D eigenvalue weighted by molar-refractivity contribution is -0.132. The molecule has 0 unspecified atom stereocenters. The zero-order chi connectivity index (χ0) is 16.5. The number of imidazole rings is 1. The molecule has 0 radical (unpaired) electrons. The van der Waals surface area contributed by atoms with Crippen molar-refractivity contribution >= 4 is 16.9 Å². The highest BCUT2D eigenvalue weighted by molar-refractivity contribution is 5.81. The molecule has 2 heterocycles. The van der Waals surface area contributed by atoms with Gasteiger partial charge >= 0.3 is 0 Å². The molecule has 122 valence electrons. The molecule has 0 saturated carbocycles. The fraction of sp³-hybridized carbons (Fsp3) is 0.263. The van der Waals surface area contributed by atoms with Crippen LogP contribution in [0.5, 0.6) is 0 Å². The quantitative estimate of drug-likeness (QED) is 0.804. The molecule has 0 aliphatic carbocycles. The molecule has 1 N–H and O–H groups in total. The van der Waals surface area contributed by atoms with Gasteiger partial charge in [0.05, 0.1) is 11.0 Å². The van der Waals surface area contributed by atoms with Gasteiger partial charge in [0.15, 0.2) is 0 Å². The van der Waals surface area contributed by atoms with Crippen molar-refractivity contribution in [3.63, 3.8) is 0 Å². The normalized spacial score (nSPS) is 14.0. The number of amides is 1. The molecule has 3 aromatic rings. The lowest BCUT2D eigenvalue weighted by atomic mass is 10.00. The summed E-state index contributed by atoms with van der Waals surface area (Å²) in [6, 6.07) is 15.9. The molecule has 0 bridgehead atoms. The maximum atomic E-state index is 12.8. The summed E-state index contributed by atoms with van der Waals surface area (Å²) in [5.41, 5.74) is 4.23. The average Bonchev–Trinajstić information content (AvgIpc) is 2.99. The van der Waals surface area contributed by atoms with E-state index in [-0.39, 0.29) is 19.1 Å². The molecule has 5 nitrogen and oxygen atoms in total. The zero-order valence-corrected chi connectivity index (χ0v) is 13.4. The summed E-state index contributed by atoms with van der Waals surface area (Å²) in [5.74, 6) is 0.587. The molecular weight excluding hydrogens is 302 g/mol. The molecule has 1 amide bonds. The van der Waals surface area contributed by atoms with E-state index in [9.17, 15) is 9.90 Å². The Bertz CT molecular complexity index is 901. The second-order valence-corrected chi connectivity index (χ2v) is 6.10. The highest BCUT2D eigenvalue weighted by Gasteiger charge is 2.22. The van der Waals surface area contributed by atoms with Crippen LogP contribution in [0.3, 0.4) is 0 Å². The van der Waals surface area contributed by atoms with Gasteiger partial charge < -0.3 is 14.6 Å². The number of aliphatic hydroxyl groups excluding tert-OH is 1. The minimum Gasteiger partial charge on any atom is -0.388 e. The lowest BCUT2D eigenvalue weighted by Crippen LogP contribution is -2.38. The molecule has 4 rings (SSSR count). The van der Waals surface area contributed by atoms with E-state index in [1.807, 2.05) is 45.9 Å². The van der Waals surface area contributed by atoms with E-state index in [0.29, 0.717) is 12.4 Å². The Labute approximate surface area is 140 Å². The molecule has 0 spiro atoms. The number of para-hydroxylation sites is 2. The molecule has 24 heavy (non-hydrogen) atoms. The predicted molar refractivity (Wildman–Crippen MR) is 91.2 cm³/mol. The van der Waals surface area contributed by atoms with Crippen LogP contribution in [0.2, 0.25) is 0 Å². The number of carbonyl (C=O) groups is 1. The molecule has 1 aromatic heterocycles. The lowest BCUT2D eigenvalue weighted by Gasteiger charge is -2.29. The van der Waals surface area contributed by atoms with Crippen molar-refractivity contribution in [3.05, 3.63) is 65.5 Å². The number of aromatic nitrogens is 2. The second kappa shape index (κ2) is 6.09. The summed E-state index contributed by atoms with van der Waals surface area (Å²) in [5, 5.41) is 9.56. The van der Waals surface area contributed by atoms with Gasteiger partial charge in [-0.3, -0.25) is 4.79 Å². The number of carbonyl (C=O) groups excluding carboxylic acids is 1. The Hall–Kier alpha value is -2.66. The van der Waals surface area contributed by atoms with Gasteiger partial charge in [-0.1, -0.05) is 36.4 Å². The Morgan fingerprint density at radius 2 is 1.83 bits per heavy atom. The fourth-order valence-electron chi connectivity index (χ4n) is 3.37. The van der Waals surface area contributed by atoms with Crippen LogP contribution in [0, 0.1) is 0 Å². The number of fused-ring (bicyclic) bond motifs is 2. The van der Waals surface area contributed by atoms with Crippen LogP contribution in [-0.2, 0) is 30.9 Å². The van der Waals surface area contributed by atoms with Gasteiger partial charge in [0.2, 0.25) is 5.91 Å². The number of aliphatic hydroxyl groups is 1. The van der Waals surface area contributed by atoms with E-state index in [4.69, 9.17) is 0 Å². The molecule has 1 aliphatic heterocycles. The van der Waals surface area contributed by atoms with Crippen molar-refractivity contribution in [2.45, 2.75) is 26.1 Å². The van der Waals surface area contributed by atoms with Crippen molar-refractivity contribution < 1.29 is 9.90 Å². The highest BCUT2D eigenvalue weighted by Crippen LogP contribution is 2.20. The molecule has 0 atom stereocenters. The average molecular weight is 321 g/mol. The molecule has 2 aromatic carbocycles. The van der Waals surface area contributed by atoms with Gasteiger partial charge in [-0.2, -0.15) is 0 Å². The number of nitrogens with zero attached hydrogens (tertiary/aromatic N) is 3. The SMILES string of the molecule is O=C(Cn1c(CO)nc2ccccc21)N1CCc2ccccc2C1. The van der Waals surface area contributed by atoms with E-state index >= 15 is 0 Å². The van der Waals surface area contributed by atoms with E-state index in [0.717, 1.165) is 24.0 Å². The summed E-state index contributed by atoms with van der Waals surface area (Å²) < 4.78 is 1.82. The van der Waals surface area contributed by atoms with Crippen LogP contribution in [0.4, 0.5) is 0 Å². The number of hydrogen-bond donors (Lipinski definition) is 1. The first-order valence-electron chi connectivity index (χ1n) is 8.16. The van der Waals surface area contributed by atoms with Gasteiger partial charge in [0.25, 0.3) is 0 Å². The third-order valence-corrected chi connectivity index (χ3v) is 4.65. The summed E-state index contributed by atoms with van der Waals surface area (Å²) in [6.07, 6.45) is 0.888. The minimum atomic E-state index is -0.176. The number of hydrogen-bond acceptors (Lipinski definition) is 3. The standard InChI is InChI=1S/C19H19N3O2/c23-13-18-20-16-7-3-4-8-17(16)22(18)12-19(24)21-10-9-14-5-1-2-6-15(14)11-21/h1-8,23H,9-13H2. The zero-order valence-electron chi connectivity index (χ0n) is 13.4. The van der Waals surface area contributed by atoms with Crippen molar-refractivity contribution in [3.8, 4) is 0 Å². The van der Waals surface area contributed by atoms with Crippen molar-refractivity contribution in [2.75, 3.05) is 6.54 Å². The van der Waals surface area contributed by atoms with E-state index in [1.54, 1.807) is 0 Å².